The van der Waals surface area contributed by atoms with Gasteiger partial charge in [-0.05, 0) is 36.8 Å². The Balaban J connectivity index is 2.32. The number of rotatable bonds is 5. The zero-order chi connectivity index (χ0) is 20.2. The van der Waals surface area contributed by atoms with Gasteiger partial charge in [0.05, 0.1) is 12.2 Å². The first-order chi connectivity index (χ1) is 12.6. The average molecular weight is 384 g/mol. The van der Waals surface area contributed by atoms with E-state index in [1.54, 1.807) is 0 Å². The summed E-state index contributed by atoms with van der Waals surface area (Å²) in [6.07, 6.45) is -5.17. The Morgan fingerprint density at radius 2 is 1.96 bits per heavy atom. The number of ether oxygens (including phenoxy) is 1. The predicted octanol–water partition coefficient (Wildman–Crippen LogP) is 2.19. The molecule has 0 aliphatic carbocycles. The second-order valence-electron chi connectivity index (χ2n) is 5.41. The minimum Gasteiger partial charge on any atom is -0.393 e. The number of carbonyl (C=O) groups is 2. The fourth-order valence-electron chi connectivity index (χ4n) is 2.16. The van der Waals surface area contributed by atoms with Gasteiger partial charge in [-0.2, -0.15) is 13.2 Å². The first-order valence-electron chi connectivity index (χ1n) is 7.59. The molecule has 0 aliphatic heterocycles. The summed E-state index contributed by atoms with van der Waals surface area (Å²) in [6.45, 7) is 0.320. The van der Waals surface area contributed by atoms with Crippen LogP contribution in [0.2, 0.25) is 0 Å². The van der Waals surface area contributed by atoms with Gasteiger partial charge in [-0.1, -0.05) is 6.07 Å². The van der Waals surface area contributed by atoms with E-state index in [0.717, 1.165) is 6.07 Å². The largest absolute Gasteiger partial charge is 0.416 e. The number of aromatic nitrogens is 1. The van der Waals surface area contributed by atoms with E-state index in [2.05, 4.69) is 15.0 Å². The molecule has 1 heterocycles. The van der Waals surface area contributed by atoms with Crippen molar-refractivity contribution in [3.05, 3.63) is 53.2 Å². The van der Waals surface area contributed by atoms with Crippen molar-refractivity contribution in [1.29, 1.82) is 0 Å². The highest BCUT2D eigenvalue weighted by molar-refractivity contribution is 6.01. The second kappa shape index (κ2) is 8.14. The molecule has 0 spiro atoms. The minimum atomic E-state index is -4.56. The Bertz CT molecular complexity index is 855. The number of aliphatic hydroxyl groups excluding tert-OH is 2. The number of hydrogen-bond acceptors (Lipinski definition) is 7. The molecule has 0 saturated heterocycles. The van der Waals surface area contributed by atoms with Crippen LogP contribution in [-0.2, 0) is 15.7 Å². The molecule has 0 radical (unpaired) electrons. The number of carbonyl (C=O) groups excluding carboxylic acids is 2. The van der Waals surface area contributed by atoms with E-state index in [4.69, 9.17) is 10.2 Å². The summed E-state index contributed by atoms with van der Waals surface area (Å²) in [6, 6.07) is 6.07. The maximum Gasteiger partial charge on any atom is 0.416 e. The molecule has 1 aromatic carbocycles. The second-order valence-corrected chi connectivity index (χ2v) is 5.41. The first-order valence-corrected chi connectivity index (χ1v) is 7.59. The fourth-order valence-corrected chi connectivity index (χ4v) is 2.16. The van der Waals surface area contributed by atoms with Crippen molar-refractivity contribution >= 4 is 23.4 Å². The van der Waals surface area contributed by atoms with E-state index in [9.17, 15) is 22.8 Å². The van der Waals surface area contributed by atoms with Gasteiger partial charge in [-0.25, -0.2) is 14.6 Å². The van der Waals surface area contributed by atoms with Gasteiger partial charge < -0.3 is 20.3 Å². The molecule has 10 heteroatoms. The molecule has 1 atom stereocenters. The molecule has 0 fully saturated rings. The molecule has 2 rings (SSSR count). The zero-order valence-electron chi connectivity index (χ0n) is 13.9. The third kappa shape index (κ3) is 4.80. The van der Waals surface area contributed by atoms with Gasteiger partial charge in [-0.15, -0.1) is 0 Å². The van der Waals surface area contributed by atoms with E-state index >= 15 is 0 Å². The molecule has 0 aliphatic rings. The normalized spacial score (nSPS) is 12.4. The highest BCUT2D eigenvalue weighted by Crippen LogP contribution is 2.35. The highest BCUT2D eigenvalue weighted by atomic mass is 19.4. The van der Waals surface area contributed by atoms with E-state index in [0.29, 0.717) is 0 Å². The number of anilines is 2. The summed E-state index contributed by atoms with van der Waals surface area (Å²) in [5, 5.41) is 20.5. The van der Waals surface area contributed by atoms with Gasteiger partial charge >= 0.3 is 18.1 Å². The number of esters is 2. The van der Waals surface area contributed by atoms with Crippen molar-refractivity contribution in [2.24, 2.45) is 0 Å². The fraction of sp³-hybridized carbons (Fsp3) is 0.235. The summed E-state index contributed by atoms with van der Waals surface area (Å²) < 4.78 is 43.5. The number of nitrogens with one attached hydrogen (secondary N) is 1. The molecule has 27 heavy (non-hydrogen) atoms. The lowest BCUT2D eigenvalue weighted by Gasteiger charge is -2.16. The SMILES string of the molecule is Cc1c(Nc2ncccc2C(=O)OC(=O)C(O)CO)cccc1C(F)(F)F. The van der Waals surface area contributed by atoms with Crippen LogP contribution in [-0.4, -0.2) is 39.8 Å². The Hall–Kier alpha value is -2.98. The van der Waals surface area contributed by atoms with Gasteiger partial charge in [0.25, 0.3) is 0 Å². The van der Waals surface area contributed by atoms with Crippen LogP contribution >= 0.6 is 0 Å². The summed E-state index contributed by atoms with van der Waals surface area (Å²) in [4.78, 5) is 27.4. The van der Waals surface area contributed by atoms with Crippen LogP contribution in [0.25, 0.3) is 0 Å². The smallest absolute Gasteiger partial charge is 0.393 e. The maximum atomic E-state index is 13.0. The van der Waals surface area contributed by atoms with Crippen LogP contribution in [0.1, 0.15) is 21.5 Å². The highest BCUT2D eigenvalue weighted by Gasteiger charge is 2.33. The predicted molar refractivity (Wildman–Crippen MR) is 87.2 cm³/mol. The number of halogens is 3. The molecule has 1 unspecified atom stereocenters. The summed E-state index contributed by atoms with van der Waals surface area (Å²) >= 11 is 0. The summed E-state index contributed by atoms with van der Waals surface area (Å²) in [7, 11) is 0. The van der Waals surface area contributed by atoms with Crippen LogP contribution in [0.15, 0.2) is 36.5 Å². The van der Waals surface area contributed by atoms with Crippen LogP contribution in [0.5, 0.6) is 0 Å². The first kappa shape index (κ1) is 20.3. The maximum absolute atomic E-state index is 13.0. The van der Waals surface area contributed by atoms with Crippen molar-refractivity contribution in [2.75, 3.05) is 11.9 Å². The van der Waals surface area contributed by atoms with Gasteiger partial charge in [0.2, 0.25) is 0 Å². The average Bonchev–Trinajstić information content (AvgIpc) is 2.62. The van der Waals surface area contributed by atoms with Gasteiger partial charge in [-0.3, -0.25) is 0 Å². The minimum absolute atomic E-state index is 0.0549. The number of nitrogens with zero attached hydrogens (tertiary/aromatic N) is 1. The van der Waals surface area contributed by atoms with E-state index in [1.165, 1.54) is 37.4 Å². The van der Waals surface area contributed by atoms with E-state index in [-0.39, 0.29) is 22.6 Å². The van der Waals surface area contributed by atoms with Gasteiger partial charge in [0.1, 0.15) is 11.4 Å². The third-order valence-electron chi connectivity index (χ3n) is 3.56. The van der Waals surface area contributed by atoms with E-state index in [1.807, 2.05) is 0 Å². The number of alkyl halides is 3. The molecule has 0 amide bonds. The lowest BCUT2D eigenvalue weighted by atomic mass is 10.1. The van der Waals surface area contributed by atoms with Crippen LogP contribution in [0.4, 0.5) is 24.7 Å². The Labute approximate surface area is 151 Å². The Kier molecular flexibility index (Phi) is 6.13. The molecule has 1 aromatic heterocycles. The molecule has 7 nitrogen and oxygen atoms in total. The molecule has 2 aromatic rings. The van der Waals surface area contributed by atoms with Crippen molar-refractivity contribution in [2.45, 2.75) is 19.2 Å². The molecular weight excluding hydrogens is 369 g/mol. The lowest BCUT2D eigenvalue weighted by molar-refractivity contribution is -0.149. The Morgan fingerprint density at radius 3 is 2.59 bits per heavy atom. The number of aliphatic hydroxyl groups is 2. The van der Waals surface area contributed by atoms with Crippen molar-refractivity contribution in [3.8, 4) is 0 Å². The third-order valence-corrected chi connectivity index (χ3v) is 3.56. The van der Waals surface area contributed by atoms with Crippen molar-refractivity contribution in [3.63, 3.8) is 0 Å². The molecular formula is C17H15F3N2O5. The van der Waals surface area contributed by atoms with Crippen LogP contribution in [0, 0.1) is 6.92 Å². The van der Waals surface area contributed by atoms with Crippen molar-refractivity contribution < 1.29 is 37.7 Å². The van der Waals surface area contributed by atoms with Crippen molar-refractivity contribution in [1.82, 2.24) is 4.98 Å². The summed E-state index contributed by atoms with van der Waals surface area (Å²) in [5.74, 6) is -2.70. The number of pyridine rings is 1. The summed E-state index contributed by atoms with van der Waals surface area (Å²) in [5.41, 5.74) is -1.15. The van der Waals surface area contributed by atoms with E-state index < -0.39 is 36.4 Å². The molecule has 144 valence electrons. The van der Waals surface area contributed by atoms with Gasteiger partial charge in [0.15, 0.2) is 6.10 Å². The quantitative estimate of drug-likeness (QED) is 0.536. The van der Waals surface area contributed by atoms with Crippen LogP contribution in [0.3, 0.4) is 0 Å². The number of hydrogen-bond donors (Lipinski definition) is 3. The topological polar surface area (TPSA) is 109 Å². The number of benzene rings is 1. The molecule has 0 bridgehead atoms. The monoisotopic (exact) mass is 384 g/mol. The lowest BCUT2D eigenvalue weighted by Crippen LogP contribution is -2.29. The molecule has 0 saturated carbocycles. The zero-order valence-corrected chi connectivity index (χ0v) is 13.9. The van der Waals surface area contributed by atoms with Gasteiger partial charge in [0, 0.05) is 11.9 Å². The Morgan fingerprint density at radius 1 is 1.26 bits per heavy atom. The standard InChI is InChI=1S/C17H15F3N2O5/c1-9-11(17(18,19)20)5-2-6-12(9)22-14-10(4-3-7-21-14)15(25)27-16(26)13(24)8-23/h2-7,13,23-24H,8H2,1H3,(H,21,22). The van der Waals surface area contributed by atoms with Crippen LogP contribution < -0.4 is 5.32 Å². The molecule has 3 N–H and O–H groups in total.